The van der Waals surface area contributed by atoms with Crippen molar-refractivity contribution in [1.82, 2.24) is 19.5 Å². The molecule has 1 aliphatic rings. The third-order valence-electron chi connectivity index (χ3n) is 6.16. The predicted octanol–water partition coefficient (Wildman–Crippen LogP) is 0.997. The number of imidazole rings is 1. The van der Waals surface area contributed by atoms with Crippen molar-refractivity contribution in [2.75, 3.05) is 30.4 Å². The Bertz CT molecular complexity index is 1310. The van der Waals surface area contributed by atoms with E-state index in [4.69, 9.17) is 9.84 Å². The van der Waals surface area contributed by atoms with Gasteiger partial charge >= 0.3 is 0 Å². The standard InChI is InChI=1S/C24H28N6O5/c31-10-4-9-25-24-28-21(26-11-15-7-3-6-14-5-1-2-8-16(14)15)18-22(29-24)30(13-27-18)23-20(34)19(33)17(12-32)35-23/h1-3,5-8,13,17,19-20,23,31-34H,4,9-12H2,(H2,25,26,28,29)/t17-,19-,20-,23-/m1/s1. The maximum absolute atomic E-state index is 10.5. The largest absolute Gasteiger partial charge is 0.396 e. The minimum Gasteiger partial charge on any atom is -0.396 e. The van der Waals surface area contributed by atoms with Gasteiger partial charge in [-0.3, -0.25) is 4.57 Å². The van der Waals surface area contributed by atoms with Gasteiger partial charge in [0.05, 0.1) is 12.9 Å². The Labute approximate surface area is 201 Å². The van der Waals surface area contributed by atoms with Gasteiger partial charge in [-0.2, -0.15) is 9.97 Å². The molecule has 11 heteroatoms. The number of hydrogen-bond acceptors (Lipinski definition) is 10. The SMILES string of the molecule is OCCCNc1nc(NCc2cccc3ccccc23)c2ncn([C@@H]3O[C@H](CO)[C@@H](O)[C@H]3O)c2n1. The molecule has 0 aliphatic carbocycles. The average molecular weight is 481 g/mol. The second-order valence-corrected chi connectivity index (χ2v) is 8.44. The summed E-state index contributed by atoms with van der Waals surface area (Å²) in [6.45, 7) is 0.557. The quantitative estimate of drug-likeness (QED) is 0.191. The third kappa shape index (κ3) is 4.51. The van der Waals surface area contributed by atoms with Gasteiger partial charge in [-0.05, 0) is 22.8 Å². The Morgan fingerprint density at radius 3 is 2.60 bits per heavy atom. The summed E-state index contributed by atoms with van der Waals surface area (Å²) in [5.41, 5.74) is 1.95. The van der Waals surface area contributed by atoms with Gasteiger partial charge in [-0.15, -0.1) is 0 Å². The van der Waals surface area contributed by atoms with Crippen molar-refractivity contribution in [3.63, 3.8) is 0 Å². The fourth-order valence-electron chi connectivity index (χ4n) is 4.32. The zero-order valence-corrected chi connectivity index (χ0v) is 18.9. The molecule has 0 radical (unpaired) electrons. The van der Waals surface area contributed by atoms with Gasteiger partial charge in [-0.1, -0.05) is 42.5 Å². The summed E-state index contributed by atoms with van der Waals surface area (Å²) in [7, 11) is 0. The molecule has 4 aromatic rings. The lowest BCUT2D eigenvalue weighted by atomic mass is 10.0. The lowest BCUT2D eigenvalue weighted by molar-refractivity contribution is -0.0511. The Morgan fingerprint density at radius 2 is 1.80 bits per heavy atom. The van der Waals surface area contributed by atoms with Crippen LogP contribution >= 0.6 is 0 Å². The minimum absolute atomic E-state index is 0.0297. The van der Waals surface area contributed by atoms with E-state index in [9.17, 15) is 15.3 Å². The zero-order valence-electron chi connectivity index (χ0n) is 18.9. The van der Waals surface area contributed by atoms with E-state index in [1.165, 1.54) is 10.9 Å². The van der Waals surface area contributed by atoms with Crippen LogP contribution in [0.15, 0.2) is 48.8 Å². The van der Waals surface area contributed by atoms with E-state index < -0.39 is 31.1 Å². The fourth-order valence-corrected chi connectivity index (χ4v) is 4.32. The second-order valence-electron chi connectivity index (χ2n) is 8.44. The van der Waals surface area contributed by atoms with Crippen LogP contribution in [0.5, 0.6) is 0 Å². The van der Waals surface area contributed by atoms with Crippen molar-refractivity contribution in [3.05, 3.63) is 54.4 Å². The van der Waals surface area contributed by atoms with Crippen LogP contribution in [0.1, 0.15) is 18.2 Å². The normalized spacial score (nSPS) is 22.2. The molecule has 2 aromatic heterocycles. The molecule has 6 N–H and O–H groups in total. The summed E-state index contributed by atoms with van der Waals surface area (Å²) in [6.07, 6.45) is -2.40. The van der Waals surface area contributed by atoms with Crippen LogP contribution in [0, 0.1) is 0 Å². The molecule has 184 valence electrons. The maximum Gasteiger partial charge on any atom is 0.226 e. The van der Waals surface area contributed by atoms with Crippen molar-refractivity contribution in [2.24, 2.45) is 0 Å². The number of hydrogen-bond donors (Lipinski definition) is 6. The lowest BCUT2D eigenvalue weighted by Crippen LogP contribution is -2.33. The number of fused-ring (bicyclic) bond motifs is 2. The minimum atomic E-state index is -1.27. The molecular weight excluding hydrogens is 452 g/mol. The van der Waals surface area contributed by atoms with E-state index in [0.29, 0.717) is 42.4 Å². The number of nitrogens with zero attached hydrogens (tertiary/aromatic N) is 4. The summed E-state index contributed by atoms with van der Waals surface area (Å²) in [4.78, 5) is 13.6. The molecular formula is C24H28N6O5. The monoisotopic (exact) mass is 480 g/mol. The molecule has 3 heterocycles. The molecule has 0 unspecified atom stereocenters. The van der Waals surface area contributed by atoms with Crippen molar-refractivity contribution in [1.29, 1.82) is 0 Å². The maximum atomic E-state index is 10.5. The van der Waals surface area contributed by atoms with Gasteiger partial charge in [-0.25, -0.2) is 4.98 Å². The summed E-state index contributed by atoms with van der Waals surface area (Å²) < 4.78 is 7.21. The predicted molar refractivity (Wildman–Crippen MR) is 130 cm³/mol. The van der Waals surface area contributed by atoms with Crippen LogP contribution in [-0.4, -0.2) is 78.0 Å². The highest BCUT2D eigenvalue weighted by atomic mass is 16.6. The first kappa shape index (κ1) is 23.4. The van der Waals surface area contributed by atoms with Crippen molar-refractivity contribution in [2.45, 2.75) is 37.5 Å². The molecule has 5 rings (SSSR count). The number of anilines is 2. The molecule has 0 amide bonds. The van der Waals surface area contributed by atoms with Gasteiger partial charge in [0.2, 0.25) is 5.95 Å². The number of rotatable bonds is 9. The van der Waals surface area contributed by atoms with E-state index in [1.54, 1.807) is 0 Å². The Hall–Kier alpha value is -3.35. The smallest absolute Gasteiger partial charge is 0.226 e. The van der Waals surface area contributed by atoms with E-state index in [2.05, 4.69) is 43.8 Å². The van der Waals surface area contributed by atoms with Gasteiger partial charge in [0.25, 0.3) is 0 Å². The summed E-state index contributed by atoms with van der Waals surface area (Å²) in [5.74, 6) is 0.805. The van der Waals surface area contributed by atoms with Crippen LogP contribution in [0.25, 0.3) is 21.9 Å². The Balaban J connectivity index is 1.50. The first-order chi connectivity index (χ1) is 17.1. The summed E-state index contributed by atoms with van der Waals surface area (Å²) in [5, 5.41) is 48.0. The van der Waals surface area contributed by atoms with Gasteiger partial charge in [0, 0.05) is 19.7 Å². The highest BCUT2D eigenvalue weighted by molar-refractivity contribution is 5.87. The molecule has 1 saturated heterocycles. The third-order valence-corrected chi connectivity index (χ3v) is 6.16. The van der Waals surface area contributed by atoms with Crippen molar-refractivity contribution in [3.8, 4) is 0 Å². The van der Waals surface area contributed by atoms with Crippen LogP contribution in [0.3, 0.4) is 0 Å². The number of aromatic nitrogens is 4. The molecule has 0 saturated carbocycles. The zero-order chi connectivity index (χ0) is 24.4. The van der Waals surface area contributed by atoms with E-state index in [1.807, 2.05) is 24.3 Å². The molecule has 2 aromatic carbocycles. The van der Waals surface area contributed by atoms with Crippen LogP contribution < -0.4 is 10.6 Å². The first-order valence-electron chi connectivity index (χ1n) is 11.5. The summed E-state index contributed by atoms with van der Waals surface area (Å²) in [6, 6.07) is 14.3. The van der Waals surface area contributed by atoms with Crippen molar-refractivity contribution >= 4 is 33.7 Å². The van der Waals surface area contributed by atoms with Crippen LogP contribution in [-0.2, 0) is 11.3 Å². The highest BCUT2D eigenvalue weighted by Gasteiger charge is 2.44. The highest BCUT2D eigenvalue weighted by Crippen LogP contribution is 2.33. The number of aliphatic hydroxyl groups excluding tert-OH is 4. The molecule has 11 nitrogen and oxygen atoms in total. The molecule has 0 spiro atoms. The Morgan fingerprint density at radius 1 is 0.971 bits per heavy atom. The molecule has 1 aliphatic heterocycles. The number of nitrogens with one attached hydrogen (secondary N) is 2. The number of ether oxygens (including phenoxy) is 1. The van der Waals surface area contributed by atoms with Gasteiger partial charge < -0.3 is 35.8 Å². The number of aliphatic hydroxyl groups is 4. The van der Waals surface area contributed by atoms with E-state index in [0.717, 1.165) is 16.3 Å². The lowest BCUT2D eigenvalue weighted by Gasteiger charge is -2.17. The van der Waals surface area contributed by atoms with Crippen LogP contribution in [0.4, 0.5) is 11.8 Å². The van der Waals surface area contributed by atoms with Crippen molar-refractivity contribution < 1.29 is 25.2 Å². The molecule has 35 heavy (non-hydrogen) atoms. The van der Waals surface area contributed by atoms with E-state index >= 15 is 0 Å². The molecule has 0 bridgehead atoms. The fraction of sp³-hybridized carbons (Fsp3) is 0.375. The Kier molecular flexibility index (Phi) is 6.75. The number of benzene rings is 2. The first-order valence-corrected chi connectivity index (χ1v) is 11.5. The van der Waals surface area contributed by atoms with E-state index in [-0.39, 0.29) is 6.61 Å². The second kappa shape index (κ2) is 10.1. The molecule has 1 fully saturated rings. The summed E-state index contributed by atoms with van der Waals surface area (Å²) >= 11 is 0. The average Bonchev–Trinajstić information content (AvgIpc) is 3.43. The van der Waals surface area contributed by atoms with Gasteiger partial charge in [0.15, 0.2) is 23.2 Å². The van der Waals surface area contributed by atoms with Gasteiger partial charge in [0.1, 0.15) is 18.3 Å². The topological polar surface area (TPSA) is 158 Å². The molecule has 4 atom stereocenters. The van der Waals surface area contributed by atoms with Crippen LogP contribution in [0.2, 0.25) is 0 Å².